The van der Waals surface area contributed by atoms with Crippen LogP contribution in [0.25, 0.3) is 0 Å². The van der Waals surface area contributed by atoms with E-state index in [1.807, 2.05) is 6.92 Å². The molecule has 0 spiro atoms. The molecule has 1 rings (SSSR count). The number of nitrogens with zero attached hydrogens (tertiary/aromatic N) is 1. The van der Waals surface area contributed by atoms with Crippen molar-refractivity contribution >= 4 is 5.91 Å². The molecule has 3 unspecified atom stereocenters. The molecule has 1 amide bonds. The molecule has 1 fully saturated rings. The van der Waals surface area contributed by atoms with Gasteiger partial charge in [0.2, 0.25) is 5.91 Å². The van der Waals surface area contributed by atoms with E-state index in [0.717, 1.165) is 32.2 Å². The third kappa shape index (κ3) is 3.96. The number of amides is 1. The third-order valence-corrected chi connectivity index (χ3v) is 3.83. The molecule has 0 aliphatic carbocycles. The molecule has 1 aliphatic rings. The van der Waals surface area contributed by atoms with Gasteiger partial charge in [-0.15, -0.1) is 0 Å². The summed E-state index contributed by atoms with van der Waals surface area (Å²) in [5.41, 5.74) is 5.31. The largest absolute Gasteiger partial charge is 0.352 e. The molecule has 0 saturated carbocycles. The van der Waals surface area contributed by atoms with Gasteiger partial charge < -0.3 is 16.0 Å². The van der Waals surface area contributed by atoms with Gasteiger partial charge in [0.1, 0.15) is 0 Å². The lowest BCUT2D eigenvalue weighted by molar-refractivity contribution is -0.127. The van der Waals surface area contributed by atoms with Crippen LogP contribution in [0, 0.1) is 0 Å². The highest BCUT2D eigenvalue weighted by Gasteiger charge is 2.31. The van der Waals surface area contributed by atoms with Gasteiger partial charge in [0.25, 0.3) is 0 Å². The topological polar surface area (TPSA) is 58.4 Å². The molecular formula is C13H27N3O. The second-order valence-electron chi connectivity index (χ2n) is 5.69. The molecule has 1 saturated heterocycles. The van der Waals surface area contributed by atoms with Crippen molar-refractivity contribution in [3.8, 4) is 0 Å². The maximum atomic E-state index is 12.1. The van der Waals surface area contributed by atoms with E-state index in [2.05, 4.69) is 31.1 Å². The van der Waals surface area contributed by atoms with E-state index in [9.17, 15) is 4.79 Å². The number of rotatable bonds is 4. The predicted molar refractivity (Wildman–Crippen MR) is 70.8 cm³/mol. The number of hydrogen-bond donors (Lipinski definition) is 2. The third-order valence-electron chi connectivity index (χ3n) is 3.83. The Bertz CT molecular complexity index is 265. The number of nitrogens with one attached hydrogen (secondary N) is 1. The number of carbonyl (C=O) groups excluding carboxylic acids is 1. The van der Waals surface area contributed by atoms with E-state index in [4.69, 9.17) is 5.73 Å². The number of piperidine rings is 1. The van der Waals surface area contributed by atoms with Crippen molar-refractivity contribution in [3.63, 3.8) is 0 Å². The summed E-state index contributed by atoms with van der Waals surface area (Å²) in [5.74, 6) is 0.00102. The van der Waals surface area contributed by atoms with Crippen molar-refractivity contribution in [1.82, 2.24) is 10.2 Å². The molecule has 0 aromatic heterocycles. The summed E-state index contributed by atoms with van der Waals surface area (Å²) in [6.07, 6.45) is 3.71. The van der Waals surface area contributed by atoms with Crippen LogP contribution in [0.15, 0.2) is 0 Å². The zero-order chi connectivity index (χ0) is 13.1. The van der Waals surface area contributed by atoms with Gasteiger partial charge in [0.05, 0.1) is 5.54 Å². The molecule has 4 heteroatoms. The minimum absolute atomic E-state index is 0.00102. The van der Waals surface area contributed by atoms with Crippen LogP contribution in [-0.4, -0.2) is 42.0 Å². The average molecular weight is 241 g/mol. The highest BCUT2D eigenvalue weighted by atomic mass is 16.2. The zero-order valence-corrected chi connectivity index (χ0v) is 11.6. The van der Waals surface area contributed by atoms with E-state index in [1.54, 1.807) is 0 Å². The molecule has 100 valence electrons. The lowest BCUT2D eigenvalue weighted by Crippen LogP contribution is -2.56. The Labute approximate surface area is 105 Å². The molecular weight excluding hydrogens is 214 g/mol. The Hall–Kier alpha value is -0.610. The Morgan fingerprint density at radius 3 is 2.76 bits per heavy atom. The fourth-order valence-electron chi connectivity index (χ4n) is 2.40. The number of carbonyl (C=O) groups is 1. The van der Waals surface area contributed by atoms with Gasteiger partial charge in [-0.25, -0.2) is 0 Å². The Balaban J connectivity index is 2.46. The van der Waals surface area contributed by atoms with Crippen LogP contribution in [0.4, 0.5) is 0 Å². The van der Waals surface area contributed by atoms with Gasteiger partial charge >= 0.3 is 0 Å². The first kappa shape index (κ1) is 14.5. The molecule has 17 heavy (non-hydrogen) atoms. The van der Waals surface area contributed by atoms with Crippen LogP contribution in [0.5, 0.6) is 0 Å². The van der Waals surface area contributed by atoms with Gasteiger partial charge in [-0.2, -0.15) is 0 Å². The Morgan fingerprint density at radius 2 is 2.24 bits per heavy atom. The molecule has 0 aromatic rings. The van der Waals surface area contributed by atoms with Gasteiger partial charge in [-0.05, 0) is 40.2 Å². The van der Waals surface area contributed by atoms with Crippen molar-refractivity contribution in [2.75, 3.05) is 13.6 Å². The van der Waals surface area contributed by atoms with Gasteiger partial charge in [0, 0.05) is 18.6 Å². The standard InChI is InChI=1S/C13H27N3O/c1-5-7-13(3,14)12(17)15-11-6-8-16(4)10(2)9-11/h10-11H,5-9,14H2,1-4H3,(H,15,17). The molecule has 1 aliphatic heterocycles. The Kier molecular flexibility index (Phi) is 4.95. The van der Waals surface area contributed by atoms with Gasteiger partial charge in [-0.3, -0.25) is 4.79 Å². The molecule has 3 atom stereocenters. The molecule has 4 nitrogen and oxygen atoms in total. The minimum Gasteiger partial charge on any atom is -0.352 e. The molecule has 0 radical (unpaired) electrons. The van der Waals surface area contributed by atoms with Crippen LogP contribution < -0.4 is 11.1 Å². The first-order valence-electron chi connectivity index (χ1n) is 6.67. The number of hydrogen-bond acceptors (Lipinski definition) is 3. The van der Waals surface area contributed by atoms with Gasteiger partial charge in [0.15, 0.2) is 0 Å². The van der Waals surface area contributed by atoms with Crippen molar-refractivity contribution < 1.29 is 4.79 Å². The summed E-state index contributed by atoms with van der Waals surface area (Å²) >= 11 is 0. The van der Waals surface area contributed by atoms with E-state index < -0.39 is 5.54 Å². The summed E-state index contributed by atoms with van der Waals surface area (Å²) < 4.78 is 0. The van der Waals surface area contributed by atoms with Crippen molar-refractivity contribution in [2.45, 2.75) is 64.1 Å². The van der Waals surface area contributed by atoms with E-state index in [1.165, 1.54) is 0 Å². The lowest BCUT2D eigenvalue weighted by atomic mass is 9.94. The first-order valence-corrected chi connectivity index (χ1v) is 6.67. The first-order chi connectivity index (χ1) is 7.86. The van der Waals surface area contributed by atoms with E-state index in [0.29, 0.717) is 6.04 Å². The summed E-state index contributed by atoms with van der Waals surface area (Å²) in [7, 11) is 2.13. The summed E-state index contributed by atoms with van der Waals surface area (Å²) in [6, 6.07) is 0.817. The maximum absolute atomic E-state index is 12.1. The zero-order valence-electron chi connectivity index (χ0n) is 11.6. The highest BCUT2D eigenvalue weighted by molar-refractivity contribution is 5.85. The number of nitrogens with two attached hydrogens (primary N) is 1. The predicted octanol–water partition coefficient (Wildman–Crippen LogP) is 1.10. The van der Waals surface area contributed by atoms with E-state index in [-0.39, 0.29) is 11.9 Å². The monoisotopic (exact) mass is 241 g/mol. The average Bonchev–Trinajstić information content (AvgIpc) is 2.23. The second-order valence-corrected chi connectivity index (χ2v) is 5.69. The summed E-state index contributed by atoms with van der Waals surface area (Å²) in [4.78, 5) is 14.4. The van der Waals surface area contributed by atoms with Crippen molar-refractivity contribution in [1.29, 1.82) is 0 Å². The highest BCUT2D eigenvalue weighted by Crippen LogP contribution is 2.17. The molecule has 0 aromatic carbocycles. The maximum Gasteiger partial charge on any atom is 0.240 e. The smallest absolute Gasteiger partial charge is 0.240 e. The fraction of sp³-hybridized carbons (Fsp3) is 0.923. The summed E-state index contributed by atoms with van der Waals surface area (Å²) in [6.45, 7) is 7.12. The van der Waals surface area contributed by atoms with E-state index >= 15 is 0 Å². The van der Waals surface area contributed by atoms with Crippen LogP contribution in [0.1, 0.15) is 46.5 Å². The van der Waals surface area contributed by atoms with Crippen molar-refractivity contribution in [3.05, 3.63) is 0 Å². The molecule has 1 heterocycles. The Morgan fingerprint density at radius 1 is 1.59 bits per heavy atom. The lowest BCUT2D eigenvalue weighted by Gasteiger charge is -2.36. The van der Waals surface area contributed by atoms with Crippen LogP contribution in [0.2, 0.25) is 0 Å². The van der Waals surface area contributed by atoms with Gasteiger partial charge in [-0.1, -0.05) is 13.3 Å². The quantitative estimate of drug-likeness (QED) is 0.775. The molecule has 0 bridgehead atoms. The van der Waals surface area contributed by atoms with Crippen LogP contribution in [0.3, 0.4) is 0 Å². The second kappa shape index (κ2) is 5.83. The SMILES string of the molecule is CCCC(C)(N)C(=O)NC1CCN(C)C(C)C1. The molecule has 3 N–H and O–H groups in total. The minimum atomic E-state index is -0.721. The van der Waals surface area contributed by atoms with Crippen molar-refractivity contribution in [2.24, 2.45) is 5.73 Å². The number of likely N-dealkylation sites (tertiary alicyclic amines) is 1. The normalized spacial score (nSPS) is 29.7. The van der Waals surface area contributed by atoms with Crippen LogP contribution >= 0.6 is 0 Å². The summed E-state index contributed by atoms with van der Waals surface area (Å²) in [5, 5.41) is 3.10. The van der Waals surface area contributed by atoms with Crippen LogP contribution in [-0.2, 0) is 4.79 Å². The fourth-order valence-corrected chi connectivity index (χ4v) is 2.40.